The Kier molecular flexibility index (Phi) is 6.24. The highest BCUT2D eigenvalue weighted by Crippen LogP contribution is 2.28. The number of rotatable bonds is 8. The standard InChI is InChI=1S/C20H22N2O4S/c1-14-21-16(13-27-14)5-10-20(24)26-12-19(23)22(17-6-7-17)11-15-3-8-18(25-2)9-4-15/h3-5,8-10,13,17H,6-7,11-12H2,1-2H3/b10-5+. The lowest BCUT2D eigenvalue weighted by atomic mass is 10.2. The van der Waals surface area contributed by atoms with E-state index < -0.39 is 5.97 Å². The molecule has 1 fully saturated rings. The summed E-state index contributed by atoms with van der Waals surface area (Å²) in [5.41, 5.74) is 1.72. The van der Waals surface area contributed by atoms with Gasteiger partial charge in [-0.2, -0.15) is 0 Å². The Bertz CT molecular complexity index is 825. The van der Waals surface area contributed by atoms with Crippen LogP contribution in [0.25, 0.3) is 6.08 Å². The lowest BCUT2D eigenvalue weighted by Crippen LogP contribution is -2.35. The molecule has 1 saturated carbocycles. The maximum Gasteiger partial charge on any atom is 0.331 e. The van der Waals surface area contributed by atoms with Crippen LogP contribution in [0.2, 0.25) is 0 Å². The molecule has 6 nitrogen and oxygen atoms in total. The molecule has 0 bridgehead atoms. The minimum absolute atomic E-state index is 0.181. The van der Waals surface area contributed by atoms with Gasteiger partial charge in [0.15, 0.2) is 6.61 Å². The van der Waals surface area contributed by atoms with Crippen LogP contribution >= 0.6 is 11.3 Å². The molecule has 0 aliphatic heterocycles. The van der Waals surface area contributed by atoms with E-state index in [4.69, 9.17) is 9.47 Å². The molecule has 2 aromatic rings. The first-order valence-corrected chi connectivity index (χ1v) is 9.62. The minimum atomic E-state index is -0.547. The Morgan fingerprint density at radius 1 is 1.30 bits per heavy atom. The Hall–Kier alpha value is -2.67. The summed E-state index contributed by atoms with van der Waals surface area (Å²) in [5.74, 6) is 0.0489. The summed E-state index contributed by atoms with van der Waals surface area (Å²) in [6.45, 7) is 2.14. The molecule has 0 unspecified atom stereocenters. The maximum atomic E-state index is 12.5. The maximum absolute atomic E-state index is 12.5. The molecule has 27 heavy (non-hydrogen) atoms. The molecule has 0 saturated heterocycles. The van der Waals surface area contributed by atoms with Crippen molar-refractivity contribution in [3.63, 3.8) is 0 Å². The van der Waals surface area contributed by atoms with E-state index in [-0.39, 0.29) is 18.6 Å². The van der Waals surface area contributed by atoms with Gasteiger partial charge in [-0.15, -0.1) is 11.3 Å². The van der Waals surface area contributed by atoms with Crippen molar-refractivity contribution in [1.82, 2.24) is 9.88 Å². The molecule has 1 aromatic carbocycles. The molecular formula is C20H22N2O4S. The third-order valence-electron chi connectivity index (χ3n) is 4.18. The highest BCUT2D eigenvalue weighted by molar-refractivity contribution is 7.09. The molecule has 0 radical (unpaired) electrons. The second-order valence-electron chi connectivity index (χ2n) is 6.33. The van der Waals surface area contributed by atoms with E-state index >= 15 is 0 Å². The number of methoxy groups -OCH3 is 1. The number of carbonyl (C=O) groups is 2. The normalized spacial score (nSPS) is 13.6. The van der Waals surface area contributed by atoms with E-state index in [9.17, 15) is 9.59 Å². The van der Waals surface area contributed by atoms with Crippen LogP contribution in [-0.4, -0.2) is 41.5 Å². The number of carbonyl (C=O) groups excluding carboxylic acids is 2. The number of hydrogen-bond acceptors (Lipinski definition) is 6. The Morgan fingerprint density at radius 2 is 2.04 bits per heavy atom. The summed E-state index contributed by atoms with van der Waals surface area (Å²) < 4.78 is 10.3. The minimum Gasteiger partial charge on any atom is -0.497 e. The van der Waals surface area contributed by atoms with E-state index in [1.807, 2.05) is 36.6 Å². The highest BCUT2D eigenvalue weighted by Gasteiger charge is 2.32. The third kappa shape index (κ3) is 5.65. The number of amides is 1. The summed E-state index contributed by atoms with van der Waals surface area (Å²) in [4.78, 5) is 30.4. The van der Waals surface area contributed by atoms with E-state index in [1.54, 1.807) is 18.1 Å². The molecule has 1 heterocycles. The molecule has 1 amide bonds. The van der Waals surface area contributed by atoms with Gasteiger partial charge in [-0.3, -0.25) is 4.79 Å². The fourth-order valence-corrected chi connectivity index (χ4v) is 3.19. The average molecular weight is 386 g/mol. The summed E-state index contributed by atoms with van der Waals surface area (Å²) in [5, 5.41) is 2.78. The van der Waals surface area contributed by atoms with Crippen molar-refractivity contribution in [3.05, 3.63) is 52.0 Å². The van der Waals surface area contributed by atoms with Gasteiger partial charge in [0.2, 0.25) is 0 Å². The van der Waals surface area contributed by atoms with Crippen molar-refractivity contribution in [2.24, 2.45) is 0 Å². The quantitative estimate of drug-likeness (QED) is 0.515. The number of thiazole rings is 1. The number of nitrogens with zero attached hydrogens (tertiary/aromatic N) is 2. The van der Waals surface area contributed by atoms with Crippen molar-refractivity contribution in [1.29, 1.82) is 0 Å². The fraction of sp³-hybridized carbons (Fsp3) is 0.350. The van der Waals surface area contributed by atoms with Crippen molar-refractivity contribution in [2.45, 2.75) is 32.4 Å². The first-order chi connectivity index (χ1) is 13.0. The van der Waals surface area contributed by atoms with Crippen molar-refractivity contribution >= 4 is 29.3 Å². The van der Waals surface area contributed by atoms with Gasteiger partial charge in [-0.25, -0.2) is 9.78 Å². The lowest BCUT2D eigenvalue weighted by Gasteiger charge is -2.22. The van der Waals surface area contributed by atoms with Gasteiger partial charge < -0.3 is 14.4 Å². The van der Waals surface area contributed by atoms with Crippen LogP contribution in [0, 0.1) is 6.92 Å². The third-order valence-corrected chi connectivity index (χ3v) is 4.98. The number of hydrogen-bond donors (Lipinski definition) is 0. The zero-order valence-electron chi connectivity index (χ0n) is 15.4. The molecule has 0 N–H and O–H groups in total. The van der Waals surface area contributed by atoms with E-state index in [1.165, 1.54) is 17.4 Å². The van der Waals surface area contributed by atoms with Crippen LogP contribution in [0.15, 0.2) is 35.7 Å². The number of esters is 1. The summed E-state index contributed by atoms with van der Waals surface area (Å²) in [6.07, 6.45) is 4.86. The molecule has 0 spiro atoms. The zero-order chi connectivity index (χ0) is 19.2. The van der Waals surface area contributed by atoms with Crippen molar-refractivity contribution < 1.29 is 19.1 Å². The van der Waals surface area contributed by atoms with Crippen LogP contribution in [-0.2, 0) is 20.9 Å². The van der Waals surface area contributed by atoms with Gasteiger partial charge in [0.1, 0.15) is 5.75 Å². The van der Waals surface area contributed by atoms with Crippen LogP contribution in [0.3, 0.4) is 0 Å². The predicted octanol–water partition coefficient (Wildman–Crippen LogP) is 3.21. The SMILES string of the molecule is COc1ccc(CN(C(=O)COC(=O)/C=C/c2csc(C)n2)C2CC2)cc1. The second-order valence-corrected chi connectivity index (χ2v) is 7.40. The van der Waals surface area contributed by atoms with Gasteiger partial charge in [-0.05, 0) is 43.5 Å². The summed E-state index contributed by atoms with van der Waals surface area (Å²) in [7, 11) is 1.62. The van der Waals surface area contributed by atoms with Crippen molar-refractivity contribution in [3.8, 4) is 5.75 Å². The van der Waals surface area contributed by atoms with Gasteiger partial charge in [-0.1, -0.05) is 12.1 Å². The molecule has 7 heteroatoms. The van der Waals surface area contributed by atoms with Gasteiger partial charge in [0.05, 0.1) is 17.8 Å². The zero-order valence-corrected chi connectivity index (χ0v) is 16.2. The fourth-order valence-electron chi connectivity index (χ4n) is 2.61. The lowest BCUT2D eigenvalue weighted by molar-refractivity contribution is -0.148. The average Bonchev–Trinajstić information content (AvgIpc) is 3.44. The Morgan fingerprint density at radius 3 is 2.63 bits per heavy atom. The van der Waals surface area contributed by atoms with E-state index in [2.05, 4.69) is 4.98 Å². The van der Waals surface area contributed by atoms with Gasteiger partial charge in [0.25, 0.3) is 5.91 Å². The number of ether oxygens (including phenoxy) is 2. The molecule has 1 aliphatic carbocycles. The number of benzene rings is 1. The molecule has 0 atom stereocenters. The van der Waals surface area contributed by atoms with Gasteiger partial charge >= 0.3 is 5.97 Å². The van der Waals surface area contributed by atoms with Crippen molar-refractivity contribution in [2.75, 3.05) is 13.7 Å². The molecule has 142 valence electrons. The molecule has 1 aromatic heterocycles. The van der Waals surface area contributed by atoms with E-state index in [0.717, 1.165) is 29.2 Å². The van der Waals surface area contributed by atoms with E-state index in [0.29, 0.717) is 12.2 Å². The van der Waals surface area contributed by atoms with Crippen LogP contribution < -0.4 is 4.74 Å². The predicted molar refractivity (Wildman–Crippen MR) is 103 cm³/mol. The molecular weight excluding hydrogens is 364 g/mol. The van der Waals surface area contributed by atoms with Gasteiger partial charge in [0, 0.05) is 24.0 Å². The monoisotopic (exact) mass is 386 g/mol. The number of aromatic nitrogens is 1. The van der Waals surface area contributed by atoms with Crippen LogP contribution in [0.4, 0.5) is 0 Å². The topological polar surface area (TPSA) is 68.7 Å². The smallest absolute Gasteiger partial charge is 0.331 e. The first-order valence-electron chi connectivity index (χ1n) is 8.74. The molecule has 3 rings (SSSR count). The second kappa shape index (κ2) is 8.81. The van der Waals surface area contributed by atoms with Crippen LogP contribution in [0.5, 0.6) is 5.75 Å². The van der Waals surface area contributed by atoms with Crippen LogP contribution in [0.1, 0.15) is 29.1 Å². The Labute approximate surface area is 162 Å². The molecule has 1 aliphatic rings. The number of aryl methyl sites for hydroxylation is 1. The highest BCUT2D eigenvalue weighted by atomic mass is 32.1. The largest absolute Gasteiger partial charge is 0.497 e. The Balaban J connectivity index is 1.52. The summed E-state index contributed by atoms with van der Waals surface area (Å²) in [6, 6.07) is 7.84. The first kappa shape index (κ1) is 19.1. The summed E-state index contributed by atoms with van der Waals surface area (Å²) >= 11 is 1.51.